The summed E-state index contributed by atoms with van der Waals surface area (Å²) in [5, 5.41) is 27.2. The second-order valence-electron chi connectivity index (χ2n) is 9.33. The van der Waals surface area contributed by atoms with Gasteiger partial charge in [0.05, 0.1) is 51.7 Å². The molecule has 1 unspecified atom stereocenters. The molecule has 4 rings (SSSR count). The fraction of sp³-hybridized carbons (Fsp3) is 0.333. The summed E-state index contributed by atoms with van der Waals surface area (Å²) in [5.41, 5.74) is 1.72. The molecule has 42 heavy (non-hydrogen) atoms. The van der Waals surface area contributed by atoms with Crippen molar-refractivity contribution in [3.05, 3.63) is 57.6 Å². The maximum absolute atomic E-state index is 12.8. The van der Waals surface area contributed by atoms with Gasteiger partial charge in [0.1, 0.15) is 10.8 Å². The van der Waals surface area contributed by atoms with E-state index in [1.807, 2.05) is 25.1 Å². The van der Waals surface area contributed by atoms with Crippen molar-refractivity contribution >= 4 is 62.5 Å². The second kappa shape index (κ2) is 15.0. The largest absolute Gasteiger partial charge is 0.480 e. The second-order valence-corrected chi connectivity index (χ2v) is 11.3. The smallest absolute Gasteiger partial charge is 0.261 e. The van der Waals surface area contributed by atoms with Crippen LogP contribution in [0.25, 0.3) is 21.5 Å². The van der Waals surface area contributed by atoms with Gasteiger partial charge in [-0.3, -0.25) is 9.59 Å². The molecule has 2 heterocycles. The average molecular weight is 634 g/mol. The molecular weight excluding hydrogens is 603 g/mol. The molecule has 0 aliphatic rings. The van der Waals surface area contributed by atoms with E-state index >= 15 is 0 Å². The van der Waals surface area contributed by atoms with Crippen LogP contribution in [0.15, 0.2) is 42.6 Å². The Balaban J connectivity index is 1.44. The van der Waals surface area contributed by atoms with Crippen molar-refractivity contribution in [2.75, 3.05) is 45.7 Å². The Hall–Kier alpha value is -3.62. The van der Waals surface area contributed by atoms with E-state index in [0.29, 0.717) is 52.2 Å². The highest BCUT2D eigenvalue weighted by Gasteiger charge is 2.24. The maximum atomic E-state index is 12.8. The first-order chi connectivity index (χ1) is 20.2. The van der Waals surface area contributed by atoms with Gasteiger partial charge in [0, 0.05) is 31.3 Å². The van der Waals surface area contributed by atoms with Gasteiger partial charge in [-0.05, 0) is 38.4 Å². The maximum Gasteiger partial charge on any atom is 0.261 e. The summed E-state index contributed by atoms with van der Waals surface area (Å²) >= 11 is 14.1. The van der Waals surface area contributed by atoms with Crippen LogP contribution in [-0.2, 0) is 16.1 Å². The van der Waals surface area contributed by atoms with E-state index in [-0.39, 0.29) is 25.5 Å². The number of amides is 2. The highest BCUT2D eigenvalue weighted by atomic mass is 35.5. The normalized spacial score (nSPS) is 11.9. The number of halogens is 2. The Bertz CT molecular complexity index is 1520. The van der Waals surface area contributed by atoms with Gasteiger partial charge in [0.25, 0.3) is 5.91 Å². The number of aromatic nitrogens is 4. The number of benzene rings is 2. The predicted molar refractivity (Wildman–Crippen MR) is 163 cm³/mol. The SMILES string of the molecule is CN(C)CCNC(=O)C(CC(=O)NCCO)Oc1ccc2sc(CNc3nncc(-c4c(Cl)cccc4Cl)n3)nc2c1. The van der Waals surface area contributed by atoms with Crippen molar-refractivity contribution in [2.24, 2.45) is 0 Å². The summed E-state index contributed by atoms with van der Waals surface area (Å²) in [4.78, 5) is 36.2. The van der Waals surface area contributed by atoms with E-state index in [2.05, 4.69) is 36.1 Å². The summed E-state index contributed by atoms with van der Waals surface area (Å²) in [6.45, 7) is 1.26. The topological polar surface area (TPSA) is 154 Å². The third-order valence-corrected chi connectivity index (χ3v) is 7.48. The number of carbonyl (C=O) groups excluding carboxylic acids is 2. The van der Waals surface area contributed by atoms with Crippen molar-refractivity contribution in [3.63, 3.8) is 0 Å². The number of rotatable bonds is 14. The number of hydrogen-bond donors (Lipinski definition) is 4. The molecule has 0 bridgehead atoms. The zero-order valence-electron chi connectivity index (χ0n) is 22.9. The van der Waals surface area contributed by atoms with Gasteiger partial charge < -0.3 is 30.7 Å². The molecule has 0 fully saturated rings. The van der Waals surface area contributed by atoms with E-state index < -0.39 is 17.9 Å². The summed E-state index contributed by atoms with van der Waals surface area (Å²) in [7, 11) is 3.79. The molecule has 0 radical (unpaired) electrons. The van der Waals surface area contributed by atoms with Crippen molar-refractivity contribution < 1.29 is 19.4 Å². The van der Waals surface area contributed by atoms with E-state index in [9.17, 15) is 9.59 Å². The Morgan fingerprint density at radius 3 is 2.62 bits per heavy atom. The molecule has 0 spiro atoms. The van der Waals surface area contributed by atoms with E-state index in [0.717, 1.165) is 9.71 Å². The van der Waals surface area contributed by atoms with Crippen molar-refractivity contribution in [3.8, 4) is 17.0 Å². The number of hydrogen-bond acceptors (Lipinski definition) is 11. The predicted octanol–water partition coefficient (Wildman–Crippen LogP) is 2.99. The first-order valence-corrected chi connectivity index (χ1v) is 14.5. The molecule has 0 aliphatic heterocycles. The standard InChI is InChI=1S/C27H30Cl2N8O4S/c1-37(2)10-8-31-26(40)21(13-23(39)30-9-11-38)41-16-6-7-22-19(12-16)34-24(42-22)15-32-27-35-20(14-33-36-27)25-17(28)4-3-5-18(25)29/h3-7,12,14,21,38H,8-11,13,15H2,1-2H3,(H,30,39)(H,31,40)(H,32,35,36). The molecular formula is C27H30Cl2N8O4S. The molecule has 0 aliphatic carbocycles. The summed E-state index contributed by atoms with van der Waals surface area (Å²) in [5.74, 6) is -0.132. The Morgan fingerprint density at radius 1 is 1.10 bits per heavy atom. The van der Waals surface area contributed by atoms with Gasteiger partial charge in [-0.25, -0.2) is 9.97 Å². The third kappa shape index (κ3) is 8.69. The number of nitrogens with zero attached hydrogens (tertiary/aromatic N) is 5. The number of anilines is 1. The van der Waals surface area contributed by atoms with Gasteiger partial charge in [-0.1, -0.05) is 29.3 Å². The van der Waals surface area contributed by atoms with Crippen LogP contribution in [0.3, 0.4) is 0 Å². The monoisotopic (exact) mass is 632 g/mol. The van der Waals surface area contributed by atoms with Crippen LogP contribution in [0.4, 0.5) is 5.95 Å². The lowest BCUT2D eigenvalue weighted by Gasteiger charge is -2.19. The van der Waals surface area contributed by atoms with Crippen LogP contribution in [-0.4, -0.2) is 88.4 Å². The molecule has 4 N–H and O–H groups in total. The van der Waals surface area contributed by atoms with E-state index in [1.165, 1.54) is 17.5 Å². The number of carbonyl (C=O) groups is 2. The highest BCUT2D eigenvalue weighted by molar-refractivity contribution is 7.18. The molecule has 15 heteroatoms. The molecule has 4 aromatic rings. The van der Waals surface area contributed by atoms with Crippen molar-refractivity contribution in [2.45, 2.75) is 19.1 Å². The van der Waals surface area contributed by atoms with Gasteiger partial charge in [-0.2, -0.15) is 5.10 Å². The van der Waals surface area contributed by atoms with Crippen LogP contribution in [0.1, 0.15) is 11.4 Å². The average Bonchev–Trinajstić information content (AvgIpc) is 3.37. The molecule has 2 aromatic heterocycles. The van der Waals surface area contributed by atoms with Crippen LogP contribution in [0.5, 0.6) is 5.75 Å². The number of aliphatic hydroxyl groups excluding tert-OH is 1. The lowest BCUT2D eigenvalue weighted by molar-refractivity contribution is -0.133. The molecule has 0 saturated carbocycles. The lowest BCUT2D eigenvalue weighted by Crippen LogP contribution is -2.44. The lowest BCUT2D eigenvalue weighted by atomic mass is 10.1. The number of fused-ring (bicyclic) bond motifs is 1. The number of nitrogens with one attached hydrogen (secondary N) is 3. The summed E-state index contributed by atoms with van der Waals surface area (Å²) in [6.07, 6.45) is 0.223. The zero-order valence-corrected chi connectivity index (χ0v) is 25.3. The van der Waals surface area contributed by atoms with Crippen LogP contribution < -0.4 is 20.7 Å². The molecule has 222 valence electrons. The fourth-order valence-electron chi connectivity index (χ4n) is 3.80. The third-order valence-electron chi connectivity index (χ3n) is 5.81. The van der Waals surface area contributed by atoms with Gasteiger partial charge in [0.15, 0.2) is 6.10 Å². The van der Waals surface area contributed by atoms with E-state index in [1.54, 1.807) is 30.3 Å². The fourth-order valence-corrected chi connectivity index (χ4v) is 5.28. The zero-order chi connectivity index (χ0) is 30.1. The first-order valence-electron chi connectivity index (χ1n) is 13.0. The quantitative estimate of drug-likeness (QED) is 0.163. The van der Waals surface area contributed by atoms with Crippen molar-refractivity contribution in [1.29, 1.82) is 0 Å². The van der Waals surface area contributed by atoms with Crippen molar-refractivity contribution in [1.82, 2.24) is 35.7 Å². The van der Waals surface area contributed by atoms with Gasteiger partial charge in [0.2, 0.25) is 11.9 Å². The minimum absolute atomic E-state index is 0.0918. The Morgan fingerprint density at radius 2 is 1.88 bits per heavy atom. The molecule has 2 amide bonds. The molecule has 12 nitrogen and oxygen atoms in total. The minimum atomic E-state index is -1.06. The van der Waals surface area contributed by atoms with E-state index in [4.69, 9.17) is 33.0 Å². The van der Waals surface area contributed by atoms with Crippen LogP contribution >= 0.6 is 34.5 Å². The Kier molecular flexibility index (Phi) is 11.2. The van der Waals surface area contributed by atoms with Crippen LogP contribution in [0, 0.1) is 0 Å². The minimum Gasteiger partial charge on any atom is -0.480 e. The highest BCUT2D eigenvalue weighted by Crippen LogP contribution is 2.33. The summed E-state index contributed by atoms with van der Waals surface area (Å²) < 4.78 is 6.86. The Labute approximate surface area is 256 Å². The number of ether oxygens (including phenoxy) is 1. The number of thiazole rings is 1. The molecule has 1 atom stereocenters. The molecule has 2 aromatic carbocycles. The van der Waals surface area contributed by atoms with Gasteiger partial charge in [-0.15, -0.1) is 16.4 Å². The van der Waals surface area contributed by atoms with Gasteiger partial charge >= 0.3 is 0 Å². The number of aliphatic hydroxyl groups is 1. The molecule has 0 saturated heterocycles. The number of likely N-dealkylation sites (N-methyl/N-ethyl adjacent to an activating group) is 1. The van der Waals surface area contributed by atoms with Crippen LogP contribution in [0.2, 0.25) is 10.0 Å². The first kappa shape index (κ1) is 31.3. The summed E-state index contributed by atoms with van der Waals surface area (Å²) in [6, 6.07) is 10.5.